The summed E-state index contributed by atoms with van der Waals surface area (Å²) >= 11 is 0. The molecule has 0 bridgehead atoms. The summed E-state index contributed by atoms with van der Waals surface area (Å²) in [6, 6.07) is 8.15. The molecule has 1 unspecified atom stereocenters. The van der Waals surface area contributed by atoms with Crippen molar-refractivity contribution in [1.82, 2.24) is 25.4 Å². The maximum atomic E-state index is 12.2. The van der Waals surface area contributed by atoms with Crippen molar-refractivity contribution in [3.63, 3.8) is 0 Å². The molecule has 3 rings (SSSR count). The molecule has 1 fully saturated rings. The molecule has 7 heteroatoms. The van der Waals surface area contributed by atoms with E-state index in [1.54, 1.807) is 6.33 Å². The number of aromatic nitrogens is 3. The predicted octanol–water partition coefficient (Wildman–Crippen LogP) is 2.46. The van der Waals surface area contributed by atoms with Gasteiger partial charge in [0.15, 0.2) is 5.82 Å². The Balaban J connectivity index is 1.55. The van der Waals surface area contributed by atoms with Crippen molar-refractivity contribution in [1.29, 1.82) is 0 Å². The largest absolute Gasteiger partial charge is 0.372 e. The van der Waals surface area contributed by atoms with Crippen LogP contribution in [0.1, 0.15) is 44.1 Å². The molecule has 1 aliphatic rings. The highest BCUT2D eigenvalue weighted by Gasteiger charge is 2.15. The molecule has 2 N–H and O–H groups in total. The number of benzene rings is 1. The summed E-state index contributed by atoms with van der Waals surface area (Å²) in [5, 5.41) is 13.7. The maximum absolute atomic E-state index is 12.2. The van der Waals surface area contributed by atoms with Crippen molar-refractivity contribution in [3.05, 3.63) is 42.0 Å². The summed E-state index contributed by atoms with van der Waals surface area (Å²) < 4.78 is 1.91. The van der Waals surface area contributed by atoms with Crippen LogP contribution in [0.15, 0.2) is 30.6 Å². The molecule has 1 atom stereocenters. The van der Waals surface area contributed by atoms with Crippen molar-refractivity contribution >= 4 is 11.7 Å². The van der Waals surface area contributed by atoms with Gasteiger partial charge in [-0.2, -0.15) is 0 Å². The second kappa shape index (κ2) is 8.00. The first-order chi connectivity index (χ1) is 12.2. The van der Waals surface area contributed by atoms with E-state index in [1.807, 2.05) is 18.4 Å². The SMILES string of the molecule is CCn1cnnc1CNC(=O)NC(C)c1cccc(N2CCCC2)c1. The monoisotopic (exact) mass is 342 g/mol. The van der Waals surface area contributed by atoms with Gasteiger partial charge >= 0.3 is 6.03 Å². The summed E-state index contributed by atoms with van der Waals surface area (Å²) in [6.45, 7) is 7.39. The normalized spacial score (nSPS) is 15.2. The predicted molar refractivity (Wildman–Crippen MR) is 97.4 cm³/mol. The van der Waals surface area contributed by atoms with Crippen LogP contribution in [0.3, 0.4) is 0 Å². The Hall–Kier alpha value is -2.57. The molecule has 134 valence electrons. The third-order valence-corrected chi connectivity index (χ3v) is 4.63. The average molecular weight is 342 g/mol. The number of hydrogen-bond acceptors (Lipinski definition) is 4. The Labute approximate surface area is 148 Å². The zero-order chi connectivity index (χ0) is 17.6. The summed E-state index contributed by atoms with van der Waals surface area (Å²) in [5.41, 5.74) is 2.34. The standard InChI is InChI=1S/C18H26N6O/c1-3-23-13-20-22-17(23)12-19-18(25)21-14(2)15-7-6-8-16(11-15)24-9-4-5-10-24/h6-8,11,13-14H,3-5,9-10,12H2,1-2H3,(H2,19,21,25). The van der Waals surface area contributed by atoms with Gasteiger partial charge in [0.05, 0.1) is 12.6 Å². The second-order valence-corrected chi connectivity index (χ2v) is 6.37. The highest BCUT2D eigenvalue weighted by Crippen LogP contribution is 2.23. The highest BCUT2D eigenvalue weighted by molar-refractivity contribution is 5.74. The van der Waals surface area contributed by atoms with E-state index in [-0.39, 0.29) is 12.1 Å². The van der Waals surface area contributed by atoms with Gasteiger partial charge in [0.1, 0.15) is 6.33 Å². The Bertz CT molecular complexity index is 707. The fourth-order valence-corrected chi connectivity index (χ4v) is 3.14. The number of carbonyl (C=O) groups excluding carboxylic acids is 1. The highest BCUT2D eigenvalue weighted by atomic mass is 16.2. The first-order valence-corrected chi connectivity index (χ1v) is 8.93. The van der Waals surface area contributed by atoms with Crippen LogP contribution in [0, 0.1) is 0 Å². The third kappa shape index (κ3) is 4.29. The van der Waals surface area contributed by atoms with E-state index >= 15 is 0 Å². The lowest BCUT2D eigenvalue weighted by Gasteiger charge is -2.21. The zero-order valence-electron chi connectivity index (χ0n) is 14.9. The number of rotatable bonds is 6. The summed E-state index contributed by atoms with van der Waals surface area (Å²) in [6.07, 6.45) is 4.17. The molecule has 0 radical (unpaired) electrons. The van der Waals surface area contributed by atoms with Gasteiger partial charge < -0.3 is 20.1 Å². The summed E-state index contributed by atoms with van der Waals surface area (Å²) in [7, 11) is 0. The number of hydrogen-bond donors (Lipinski definition) is 2. The van der Waals surface area contributed by atoms with E-state index in [4.69, 9.17) is 0 Å². The molecule has 0 aliphatic carbocycles. The summed E-state index contributed by atoms with van der Waals surface area (Å²) in [5.74, 6) is 0.751. The van der Waals surface area contributed by atoms with Gasteiger partial charge in [0, 0.05) is 25.3 Å². The van der Waals surface area contributed by atoms with Gasteiger partial charge in [-0.15, -0.1) is 10.2 Å². The van der Waals surface area contributed by atoms with Crippen molar-refractivity contribution < 1.29 is 4.79 Å². The molecule has 25 heavy (non-hydrogen) atoms. The van der Waals surface area contributed by atoms with Crippen LogP contribution in [0.2, 0.25) is 0 Å². The minimum atomic E-state index is -0.204. The van der Waals surface area contributed by atoms with Gasteiger partial charge in [0.25, 0.3) is 0 Å². The van der Waals surface area contributed by atoms with E-state index in [0.717, 1.165) is 31.0 Å². The molecule has 1 saturated heterocycles. The Morgan fingerprint density at radius 2 is 2.12 bits per heavy atom. The van der Waals surface area contributed by atoms with Crippen LogP contribution >= 0.6 is 0 Å². The molecule has 1 aromatic heterocycles. The zero-order valence-corrected chi connectivity index (χ0v) is 14.9. The van der Waals surface area contributed by atoms with Gasteiger partial charge in [-0.25, -0.2) is 4.79 Å². The molecule has 0 spiro atoms. The molecule has 2 aromatic rings. The molecule has 1 aliphatic heterocycles. The second-order valence-electron chi connectivity index (χ2n) is 6.37. The Kier molecular flexibility index (Phi) is 5.53. The van der Waals surface area contributed by atoms with Crippen LogP contribution in [0.5, 0.6) is 0 Å². The van der Waals surface area contributed by atoms with Crippen molar-refractivity contribution in [2.45, 2.75) is 45.8 Å². The summed E-state index contributed by atoms with van der Waals surface area (Å²) in [4.78, 5) is 14.6. The quantitative estimate of drug-likeness (QED) is 0.846. The molecule has 1 aromatic carbocycles. The van der Waals surface area contributed by atoms with Crippen molar-refractivity contribution in [3.8, 4) is 0 Å². The van der Waals surface area contributed by atoms with Crippen LogP contribution in [0.4, 0.5) is 10.5 Å². The Morgan fingerprint density at radius 3 is 2.88 bits per heavy atom. The van der Waals surface area contributed by atoms with Crippen LogP contribution in [-0.4, -0.2) is 33.9 Å². The lowest BCUT2D eigenvalue weighted by molar-refractivity contribution is 0.237. The number of nitrogens with one attached hydrogen (secondary N) is 2. The van der Waals surface area contributed by atoms with E-state index in [0.29, 0.717) is 6.54 Å². The maximum Gasteiger partial charge on any atom is 0.315 e. The number of carbonyl (C=O) groups is 1. The number of amides is 2. The van der Waals surface area contributed by atoms with Gasteiger partial charge in [-0.3, -0.25) is 0 Å². The van der Waals surface area contributed by atoms with Gasteiger partial charge in [-0.05, 0) is 44.4 Å². The molecule has 7 nitrogen and oxygen atoms in total. The van der Waals surface area contributed by atoms with Gasteiger partial charge in [-0.1, -0.05) is 12.1 Å². The first-order valence-electron chi connectivity index (χ1n) is 8.93. The van der Waals surface area contributed by atoms with Crippen molar-refractivity contribution in [2.75, 3.05) is 18.0 Å². The Morgan fingerprint density at radius 1 is 1.32 bits per heavy atom. The fourth-order valence-electron chi connectivity index (χ4n) is 3.14. The molecule has 2 amide bonds. The minimum Gasteiger partial charge on any atom is -0.372 e. The molecular weight excluding hydrogens is 316 g/mol. The number of urea groups is 1. The lowest BCUT2D eigenvalue weighted by atomic mass is 10.1. The van der Waals surface area contributed by atoms with Gasteiger partial charge in [0.2, 0.25) is 0 Å². The number of aryl methyl sites for hydroxylation is 1. The van der Waals surface area contributed by atoms with E-state index in [1.165, 1.54) is 18.5 Å². The minimum absolute atomic E-state index is 0.0633. The van der Waals surface area contributed by atoms with Crippen LogP contribution < -0.4 is 15.5 Å². The lowest BCUT2D eigenvalue weighted by Crippen LogP contribution is -2.37. The van der Waals surface area contributed by atoms with Crippen molar-refractivity contribution in [2.24, 2.45) is 0 Å². The number of anilines is 1. The topological polar surface area (TPSA) is 75.1 Å². The molecule has 0 saturated carbocycles. The van der Waals surface area contributed by atoms with Crippen LogP contribution in [0.25, 0.3) is 0 Å². The average Bonchev–Trinajstić information content (AvgIpc) is 3.31. The van der Waals surface area contributed by atoms with E-state index < -0.39 is 0 Å². The molecule has 2 heterocycles. The van der Waals surface area contributed by atoms with Crippen LogP contribution in [-0.2, 0) is 13.1 Å². The van der Waals surface area contributed by atoms with E-state index in [2.05, 4.69) is 50.0 Å². The molecular formula is C18H26N6O. The third-order valence-electron chi connectivity index (χ3n) is 4.63. The fraction of sp³-hybridized carbons (Fsp3) is 0.500. The first kappa shape index (κ1) is 17.3. The number of nitrogens with zero attached hydrogens (tertiary/aromatic N) is 4. The smallest absolute Gasteiger partial charge is 0.315 e. The van der Waals surface area contributed by atoms with E-state index in [9.17, 15) is 4.79 Å².